The number of nitrogens with one attached hydrogen (secondary N) is 1. The number of rotatable bonds is 3. The van der Waals surface area contributed by atoms with Gasteiger partial charge in [-0.1, -0.05) is 24.3 Å². The van der Waals surface area contributed by atoms with Crippen molar-refractivity contribution >= 4 is 23.4 Å². The summed E-state index contributed by atoms with van der Waals surface area (Å²) < 4.78 is 18.4. The molecule has 3 rings (SSSR count). The Hall–Kier alpha value is -2.01. The molecule has 2 aromatic rings. The average molecular weight is 317 g/mol. The lowest BCUT2D eigenvalue weighted by Crippen LogP contribution is -2.34. The van der Waals surface area contributed by atoms with Gasteiger partial charge in [0, 0.05) is 10.6 Å². The molecule has 1 aliphatic heterocycles. The van der Waals surface area contributed by atoms with E-state index >= 15 is 0 Å². The number of carbonyl (C=O) groups is 1. The van der Waals surface area contributed by atoms with Crippen LogP contribution in [0.4, 0.5) is 10.1 Å². The van der Waals surface area contributed by atoms with E-state index < -0.39 is 5.25 Å². The molecule has 3 nitrogen and oxygen atoms in total. The molecule has 0 aliphatic carbocycles. The number of para-hydroxylation sites is 1. The molecule has 1 N–H and O–H groups in total. The van der Waals surface area contributed by atoms with Crippen molar-refractivity contribution in [3.05, 3.63) is 59.9 Å². The molecular formula is C17H16FNO2S. The first-order chi connectivity index (χ1) is 10.7. The van der Waals surface area contributed by atoms with Crippen LogP contribution in [0, 0.1) is 5.82 Å². The lowest BCUT2D eigenvalue weighted by Gasteiger charge is -2.33. The van der Waals surface area contributed by atoms with Crippen molar-refractivity contribution in [1.82, 2.24) is 0 Å². The van der Waals surface area contributed by atoms with Gasteiger partial charge in [0.1, 0.15) is 11.1 Å². The van der Waals surface area contributed by atoms with E-state index in [4.69, 9.17) is 4.74 Å². The molecule has 0 fully saturated rings. The second-order valence-corrected chi connectivity index (χ2v) is 6.14. The summed E-state index contributed by atoms with van der Waals surface area (Å²) in [5.41, 5.74) is 1.84. The number of esters is 1. The van der Waals surface area contributed by atoms with Crippen LogP contribution in [0.3, 0.4) is 0 Å². The molecule has 0 amide bonds. The molecule has 0 saturated carbocycles. The van der Waals surface area contributed by atoms with Crippen LogP contribution in [0.15, 0.2) is 53.4 Å². The summed E-state index contributed by atoms with van der Waals surface area (Å²) in [6, 6.07) is 13.8. The fourth-order valence-electron chi connectivity index (χ4n) is 2.47. The van der Waals surface area contributed by atoms with Crippen molar-refractivity contribution in [3.8, 4) is 0 Å². The summed E-state index contributed by atoms with van der Waals surface area (Å²) in [4.78, 5) is 13.3. The minimum Gasteiger partial charge on any atom is -0.465 e. The number of halogens is 1. The number of ether oxygens (including phenoxy) is 1. The summed E-state index contributed by atoms with van der Waals surface area (Å²) in [7, 11) is 0. The Labute approximate surface area is 132 Å². The van der Waals surface area contributed by atoms with E-state index in [1.165, 1.54) is 23.9 Å². The molecule has 1 heterocycles. The number of anilines is 1. The van der Waals surface area contributed by atoms with E-state index in [-0.39, 0.29) is 17.8 Å². The van der Waals surface area contributed by atoms with E-state index in [1.54, 1.807) is 19.1 Å². The molecule has 0 saturated heterocycles. The van der Waals surface area contributed by atoms with Gasteiger partial charge in [0.25, 0.3) is 0 Å². The van der Waals surface area contributed by atoms with Crippen LogP contribution in [0.1, 0.15) is 18.5 Å². The highest BCUT2D eigenvalue weighted by Crippen LogP contribution is 2.43. The highest BCUT2D eigenvalue weighted by molar-refractivity contribution is 8.00. The van der Waals surface area contributed by atoms with Crippen LogP contribution >= 0.6 is 11.8 Å². The summed E-state index contributed by atoms with van der Waals surface area (Å²) >= 11 is 1.48. The zero-order chi connectivity index (χ0) is 15.5. The largest absolute Gasteiger partial charge is 0.465 e. The number of fused-ring (bicyclic) bond motifs is 1. The van der Waals surface area contributed by atoms with Gasteiger partial charge in [-0.05, 0) is 36.8 Å². The van der Waals surface area contributed by atoms with Crippen molar-refractivity contribution in [2.45, 2.75) is 23.1 Å². The van der Waals surface area contributed by atoms with Crippen LogP contribution < -0.4 is 5.32 Å². The number of benzene rings is 2. The highest BCUT2D eigenvalue weighted by Gasteiger charge is 2.36. The SMILES string of the molecule is CCOC(=O)[C@H]1Sc2ccccc2N[C@@H]1c1ccc(F)cc1. The lowest BCUT2D eigenvalue weighted by atomic mass is 10.0. The van der Waals surface area contributed by atoms with Gasteiger partial charge in [-0.25, -0.2) is 4.39 Å². The van der Waals surface area contributed by atoms with Gasteiger partial charge in [0.15, 0.2) is 0 Å². The Bertz CT molecular complexity index is 675. The highest BCUT2D eigenvalue weighted by atomic mass is 32.2. The van der Waals surface area contributed by atoms with Gasteiger partial charge in [-0.15, -0.1) is 11.8 Å². The quantitative estimate of drug-likeness (QED) is 0.868. The van der Waals surface area contributed by atoms with Crippen molar-refractivity contribution in [2.75, 3.05) is 11.9 Å². The van der Waals surface area contributed by atoms with Crippen LogP contribution in [-0.4, -0.2) is 17.8 Å². The Balaban J connectivity index is 1.96. The van der Waals surface area contributed by atoms with Gasteiger partial charge >= 0.3 is 5.97 Å². The fourth-order valence-corrected chi connectivity index (χ4v) is 3.68. The van der Waals surface area contributed by atoms with Crippen molar-refractivity contribution in [3.63, 3.8) is 0 Å². The predicted molar refractivity (Wildman–Crippen MR) is 85.5 cm³/mol. The molecule has 0 radical (unpaired) electrons. The molecule has 5 heteroatoms. The molecule has 0 spiro atoms. The van der Waals surface area contributed by atoms with Crippen molar-refractivity contribution < 1.29 is 13.9 Å². The zero-order valence-electron chi connectivity index (χ0n) is 12.1. The predicted octanol–water partition coefficient (Wildman–Crippen LogP) is 4.02. The van der Waals surface area contributed by atoms with Crippen molar-refractivity contribution in [1.29, 1.82) is 0 Å². The monoisotopic (exact) mass is 317 g/mol. The number of hydrogen-bond acceptors (Lipinski definition) is 4. The third-order valence-corrected chi connectivity index (χ3v) is 4.83. The molecule has 2 atom stereocenters. The van der Waals surface area contributed by atoms with E-state index in [2.05, 4.69) is 5.32 Å². The lowest BCUT2D eigenvalue weighted by molar-refractivity contribution is -0.142. The van der Waals surface area contributed by atoms with Gasteiger partial charge in [0.05, 0.1) is 12.6 Å². The summed E-state index contributed by atoms with van der Waals surface area (Å²) in [6.07, 6.45) is 0. The van der Waals surface area contributed by atoms with Crippen LogP contribution in [-0.2, 0) is 9.53 Å². The zero-order valence-corrected chi connectivity index (χ0v) is 12.9. The minimum absolute atomic E-state index is 0.250. The Morgan fingerprint density at radius 1 is 1.23 bits per heavy atom. The number of carbonyl (C=O) groups excluding carboxylic acids is 1. The molecule has 114 valence electrons. The summed E-state index contributed by atoms with van der Waals surface area (Å²) in [5, 5.41) is 2.98. The third kappa shape index (κ3) is 2.95. The maximum absolute atomic E-state index is 13.2. The number of hydrogen-bond donors (Lipinski definition) is 1. The Kier molecular flexibility index (Phi) is 4.34. The second-order valence-electron chi connectivity index (χ2n) is 4.96. The topological polar surface area (TPSA) is 38.3 Å². The maximum Gasteiger partial charge on any atom is 0.321 e. The van der Waals surface area contributed by atoms with Crippen LogP contribution in [0.25, 0.3) is 0 Å². The molecule has 2 aromatic carbocycles. The van der Waals surface area contributed by atoms with Gasteiger partial charge < -0.3 is 10.1 Å². The third-order valence-electron chi connectivity index (χ3n) is 3.50. The average Bonchev–Trinajstić information content (AvgIpc) is 2.54. The standard InChI is InChI=1S/C17H16FNO2S/c1-2-21-17(20)16-15(11-7-9-12(18)10-8-11)19-13-5-3-4-6-14(13)22-16/h3-10,15-16,19H,2H2,1H3/t15-,16+/m1/s1. The van der Waals surface area contributed by atoms with E-state index in [0.717, 1.165) is 16.1 Å². The molecular weight excluding hydrogens is 301 g/mol. The first kappa shape index (κ1) is 14.9. The maximum atomic E-state index is 13.2. The van der Waals surface area contributed by atoms with Crippen LogP contribution in [0.5, 0.6) is 0 Å². The minimum atomic E-state index is -0.402. The first-order valence-electron chi connectivity index (χ1n) is 7.13. The normalized spacial score (nSPS) is 19.9. The van der Waals surface area contributed by atoms with Crippen LogP contribution in [0.2, 0.25) is 0 Å². The fraction of sp³-hybridized carbons (Fsp3) is 0.235. The molecule has 22 heavy (non-hydrogen) atoms. The van der Waals surface area contributed by atoms with Gasteiger partial charge in [-0.2, -0.15) is 0 Å². The van der Waals surface area contributed by atoms with E-state index in [9.17, 15) is 9.18 Å². The first-order valence-corrected chi connectivity index (χ1v) is 8.01. The Morgan fingerprint density at radius 3 is 2.68 bits per heavy atom. The molecule has 0 unspecified atom stereocenters. The Morgan fingerprint density at radius 2 is 1.95 bits per heavy atom. The molecule has 0 bridgehead atoms. The second kappa shape index (κ2) is 6.40. The summed E-state index contributed by atoms with van der Waals surface area (Å²) in [5.74, 6) is -0.552. The van der Waals surface area contributed by atoms with E-state index in [0.29, 0.717) is 6.61 Å². The van der Waals surface area contributed by atoms with E-state index in [1.807, 2.05) is 24.3 Å². The van der Waals surface area contributed by atoms with Gasteiger partial charge in [-0.3, -0.25) is 4.79 Å². The van der Waals surface area contributed by atoms with Gasteiger partial charge in [0.2, 0.25) is 0 Å². The smallest absolute Gasteiger partial charge is 0.321 e. The number of thioether (sulfide) groups is 1. The van der Waals surface area contributed by atoms with Crippen molar-refractivity contribution in [2.24, 2.45) is 0 Å². The molecule has 1 aliphatic rings. The summed E-state index contributed by atoms with van der Waals surface area (Å²) in [6.45, 7) is 2.13. The molecule has 0 aromatic heterocycles.